The number of carbonyl (C=O) groups excluding carboxylic acids is 2. The summed E-state index contributed by atoms with van der Waals surface area (Å²) in [4.78, 5) is 25.0. The Balaban J connectivity index is 2.16. The lowest BCUT2D eigenvalue weighted by Crippen LogP contribution is -2.43. The maximum atomic E-state index is 12.7. The summed E-state index contributed by atoms with van der Waals surface area (Å²) in [7, 11) is 0. The molecule has 0 aliphatic carbocycles. The largest absolute Gasteiger partial charge is 0.461 e. The topological polar surface area (TPSA) is 73.2 Å². The number of hydrogen-bond acceptors (Lipinski definition) is 5. The molecule has 1 aromatic heterocycles. The van der Waals surface area contributed by atoms with Crippen LogP contribution in [0.2, 0.25) is 0 Å². The van der Waals surface area contributed by atoms with E-state index in [1.165, 1.54) is 6.20 Å². The summed E-state index contributed by atoms with van der Waals surface area (Å²) < 4.78 is 6.97. The van der Waals surface area contributed by atoms with E-state index >= 15 is 0 Å². The maximum absolute atomic E-state index is 12.7. The van der Waals surface area contributed by atoms with Crippen LogP contribution in [0.1, 0.15) is 36.3 Å². The number of amides is 1. The molecule has 0 saturated carbocycles. The standard InChI is InChI=1S/C19H25N3O3S/c1-13(2)25-19(24)17(10-11-26-4)21-18(23)16-12-20-22(14(16)3)15-8-6-5-7-9-15/h5-9,12-13,17H,10-11H2,1-4H3,(H,21,23). The molecular weight excluding hydrogens is 350 g/mol. The van der Waals surface area contributed by atoms with Crippen molar-refractivity contribution in [2.24, 2.45) is 0 Å². The first-order valence-electron chi connectivity index (χ1n) is 8.54. The molecular formula is C19H25N3O3S. The maximum Gasteiger partial charge on any atom is 0.328 e. The third-order valence-electron chi connectivity index (χ3n) is 3.81. The molecule has 6 nitrogen and oxygen atoms in total. The first-order valence-corrected chi connectivity index (χ1v) is 9.93. The molecule has 0 spiro atoms. The molecule has 1 amide bonds. The monoisotopic (exact) mass is 375 g/mol. The molecule has 140 valence electrons. The lowest BCUT2D eigenvalue weighted by Gasteiger charge is -2.18. The second-order valence-electron chi connectivity index (χ2n) is 6.18. The van der Waals surface area contributed by atoms with Gasteiger partial charge in [-0.15, -0.1) is 0 Å². The predicted molar refractivity (Wildman–Crippen MR) is 104 cm³/mol. The third kappa shape index (κ3) is 5.11. The Kier molecular flexibility index (Phi) is 7.26. The van der Waals surface area contributed by atoms with Gasteiger partial charge in [-0.1, -0.05) is 18.2 Å². The zero-order valence-corrected chi connectivity index (χ0v) is 16.4. The first kappa shape index (κ1) is 20.0. The number of thioether (sulfide) groups is 1. The zero-order chi connectivity index (χ0) is 19.1. The van der Waals surface area contributed by atoms with Crippen molar-refractivity contribution in [3.05, 3.63) is 47.8 Å². The third-order valence-corrected chi connectivity index (χ3v) is 4.45. The van der Waals surface area contributed by atoms with Crippen LogP contribution in [0.25, 0.3) is 5.69 Å². The van der Waals surface area contributed by atoms with Crippen LogP contribution in [0.5, 0.6) is 0 Å². The minimum Gasteiger partial charge on any atom is -0.461 e. The Morgan fingerprint density at radius 3 is 2.58 bits per heavy atom. The van der Waals surface area contributed by atoms with Gasteiger partial charge >= 0.3 is 5.97 Å². The molecule has 0 fully saturated rings. The number of para-hydroxylation sites is 1. The quantitative estimate of drug-likeness (QED) is 0.718. The molecule has 1 aromatic carbocycles. The Labute approximate surface area is 158 Å². The zero-order valence-electron chi connectivity index (χ0n) is 15.6. The van der Waals surface area contributed by atoms with Crippen LogP contribution < -0.4 is 5.32 Å². The van der Waals surface area contributed by atoms with Crippen LogP contribution in [0.4, 0.5) is 0 Å². The van der Waals surface area contributed by atoms with Gasteiger partial charge in [-0.2, -0.15) is 16.9 Å². The molecule has 0 radical (unpaired) electrons. The molecule has 2 rings (SSSR count). The molecule has 7 heteroatoms. The van der Waals surface area contributed by atoms with Crippen molar-refractivity contribution in [2.75, 3.05) is 12.0 Å². The molecule has 26 heavy (non-hydrogen) atoms. The summed E-state index contributed by atoms with van der Waals surface area (Å²) in [5.74, 6) is 0.0208. The normalized spacial score (nSPS) is 12.0. The van der Waals surface area contributed by atoms with Crippen molar-refractivity contribution >= 4 is 23.6 Å². The van der Waals surface area contributed by atoms with E-state index < -0.39 is 12.0 Å². The highest BCUT2D eigenvalue weighted by atomic mass is 32.2. The molecule has 2 aromatic rings. The fraction of sp³-hybridized carbons (Fsp3) is 0.421. The summed E-state index contributed by atoms with van der Waals surface area (Å²) in [6.07, 6.45) is 3.78. The number of aromatic nitrogens is 2. The fourth-order valence-electron chi connectivity index (χ4n) is 2.50. The van der Waals surface area contributed by atoms with Crippen LogP contribution >= 0.6 is 11.8 Å². The molecule has 0 aliphatic rings. The molecule has 1 N–H and O–H groups in total. The minimum atomic E-state index is -0.670. The number of ether oxygens (including phenoxy) is 1. The van der Waals surface area contributed by atoms with E-state index in [1.807, 2.05) is 43.5 Å². The Hall–Kier alpha value is -2.28. The van der Waals surface area contributed by atoms with Gasteiger partial charge in [0.2, 0.25) is 0 Å². The summed E-state index contributed by atoms with van der Waals surface area (Å²) in [6.45, 7) is 5.41. The highest BCUT2D eigenvalue weighted by Gasteiger charge is 2.25. The van der Waals surface area contributed by atoms with Gasteiger partial charge in [-0.05, 0) is 51.3 Å². The number of nitrogens with one attached hydrogen (secondary N) is 1. The molecule has 0 aliphatic heterocycles. The average Bonchev–Trinajstić information content (AvgIpc) is 3.00. The highest BCUT2D eigenvalue weighted by Crippen LogP contribution is 2.14. The Bertz CT molecular complexity index is 744. The summed E-state index contributed by atoms with van der Waals surface area (Å²) in [5, 5.41) is 7.10. The lowest BCUT2D eigenvalue weighted by atomic mass is 10.2. The van der Waals surface area contributed by atoms with Gasteiger partial charge in [-0.25, -0.2) is 9.48 Å². The number of hydrogen-bond donors (Lipinski definition) is 1. The molecule has 0 saturated heterocycles. The highest BCUT2D eigenvalue weighted by molar-refractivity contribution is 7.98. The van der Waals surface area contributed by atoms with Gasteiger partial charge in [0.1, 0.15) is 6.04 Å². The van der Waals surface area contributed by atoms with Gasteiger partial charge in [0.05, 0.1) is 29.2 Å². The van der Waals surface area contributed by atoms with Gasteiger partial charge in [0, 0.05) is 0 Å². The number of rotatable bonds is 8. The van der Waals surface area contributed by atoms with E-state index in [0.717, 1.165) is 17.1 Å². The second kappa shape index (κ2) is 9.43. The smallest absolute Gasteiger partial charge is 0.328 e. The Morgan fingerprint density at radius 2 is 1.96 bits per heavy atom. The van der Waals surface area contributed by atoms with E-state index in [1.54, 1.807) is 30.3 Å². The van der Waals surface area contributed by atoms with Crippen molar-refractivity contribution in [3.8, 4) is 5.69 Å². The molecule has 1 unspecified atom stereocenters. The van der Waals surface area contributed by atoms with Gasteiger partial charge in [0.25, 0.3) is 5.91 Å². The minimum absolute atomic E-state index is 0.223. The predicted octanol–water partition coefficient (Wildman–Crippen LogP) is 2.98. The van der Waals surface area contributed by atoms with Crippen LogP contribution in [0.3, 0.4) is 0 Å². The number of benzene rings is 1. The molecule has 0 bridgehead atoms. The van der Waals surface area contributed by atoms with E-state index in [9.17, 15) is 9.59 Å². The van der Waals surface area contributed by atoms with E-state index in [2.05, 4.69) is 10.4 Å². The summed E-state index contributed by atoms with van der Waals surface area (Å²) in [6, 6.07) is 8.92. The van der Waals surface area contributed by atoms with Crippen molar-refractivity contribution in [2.45, 2.75) is 39.3 Å². The van der Waals surface area contributed by atoms with E-state index in [4.69, 9.17) is 4.74 Å². The SMILES string of the molecule is CSCCC(NC(=O)c1cnn(-c2ccccc2)c1C)C(=O)OC(C)C. The number of carbonyl (C=O) groups is 2. The van der Waals surface area contributed by atoms with Crippen LogP contribution in [0.15, 0.2) is 36.5 Å². The van der Waals surface area contributed by atoms with E-state index in [0.29, 0.717) is 12.0 Å². The average molecular weight is 375 g/mol. The van der Waals surface area contributed by atoms with Gasteiger partial charge in [-0.3, -0.25) is 4.79 Å². The van der Waals surface area contributed by atoms with Gasteiger partial charge in [0.15, 0.2) is 0 Å². The molecule has 1 heterocycles. The van der Waals surface area contributed by atoms with E-state index in [-0.39, 0.29) is 12.0 Å². The first-order chi connectivity index (χ1) is 12.4. The van der Waals surface area contributed by atoms with Crippen LogP contribution in [0, 0.1) is 6.92 Å². The Morgan fingerprint density at radius 1 is 1.27 bits per heavy atom. The second-order valence-corrected chi connectivity index (χ2v) is 7.17. The number of nitrogens with zero attached hydrogens (tertiary/aromatic N) is 2. The summed E-state index contributed by atoms with van der Waals surface area (Å²) in [5.41, 5.74) is 2.04. The fourth-order valence-corrected chi connectivity index (χ4v) is 2.97. The van der Waals surface area contributed by atoms with Crippen molar-refractivity contribution in [1.29, 1.82) is 0 Å². The van der Waals surface area contributed by atoms with Crippen molar-refractivity contribution < 1.29 is 14.3 Å². The lowest BCUT2D eigenvalue weighted by molar-refractivity contribution is -0.149. The number of esters is 1. The molecule has 1 atom stereocenters. The van der Waals surface area contributed by atoms with Crippen LogP contribution in [-0.4, -0.2) is 45.8 Å². The summed E-state index contributed by atoms with van der Waals surface area (Å²) >= 11 is 1.62. The van der Waals surface area contributed by atoms with Crippen molar-refractivity contribution in [3.63, 3.8) is 0 Å². The van der Waals surface area contributed by atoms with Crippen molar-refractivity contribution in [1.82, 2.24) is 15.1 Å². The van der Waals surface area contributed by atoms with Gasteiger partial charge < -0.3 is 10.1 Å². The van der Waals surface area contributed by atoms with Crippen LogP contribution in [-0.2, 0) is 9.53 Å².